The van der Waals surface area contributed by atoms with Crippen LogP contribution in [0.4, 0.5) is 5.69 Å². The fourth-order valence-corrected chi connectivity index (χ4v) is 3.22. The Labute approximate surface area is 198 Å². The highest BCUT2D eigenvalue weighted by Gasteiger charge is 2.15. The molecule has 3 aromatic rings. The van der Waals surface area contributed by atoms with E-state index in [1.165, 1.54) is 13.3 Å². The second kappa shape index (κ2) is 11.1. The zero-order valence-corrected chi connectivity index (χ0v) is 19.4. The minimum absolute atomic E-state index is 0.233. The Kier molecular flexibility index (Phi) is 7.93. The molecule has 3 rings (SSSR count). The molecule has 0 fully saturated rings. The van der Waals surface area contributed by atoms with Crippen molar-refractivity contribution in [1.82, 2.24) is 5.43 Å². The molecule has 8 nitrogen and oxygen atoms in total. The molecule has 0 unspecified atom stereocenters. The summed E-state index contributed by atoms with van der Waals surface area (Å²) >= 11 is 3.34. The number of hydrazone groups is 1. The maximum absolute atomic E-state index is 12.3. The molecule has 0 aromatic heterocycles. The van der Waals surface area contributed by atoms with Gasteiger partial charge < -0.3 is 14.8 Å². The SMILES string of the molecule is COc1cc(/C=N/NC(=O)C(=O)Nc2ccc(Br)cc2C)ccc1OC(=O)c1ccccc1. The van der Waals surface area contributed by atoms with Crippen LogP contribution in [0.2, 0.25) is 0 Å². The largest absolute Gasteiger partial charge is 0.493 e. The lowest BCUT2D eigenvalue weighted by atomic mass is 10.2. The Morgan fingerprint density at radius 2 is 1.70 bits per heavy atom. The highest BCUT2D eigenvalue weighted by Crippen LogP contribution is 2.28. The molecule has 0 aliphatic carbocycles. The van der Waals surface area contributed by atoms with Gasteiger partial charge in [-0.05, 0) is 66.6 Å². The zero-order valence-electron chi connectivity index (χ0n) is 17.8. The number of hydrogen-bond donors (Lipinski definition) is 2. The number of ether oxygens (including phenoxy) is 2. The molecule has 0 atom stereocenters. The summed E-state index contributed by atoms with van der Waals surface area (Å²) in [6.07, 6.45) is 1.33. The average Bonchev–Trinajstić information content (AvgIpc) is 2.82. The Morgan fingerprint density at radius 3 is 2.39 bits per heavy atom. The van der Waals surface area contributed by atoms with Crippen molar-refractivity contribution in [3.05, 3.63) is 87.9 Å². The van der Waals surface area contributed by atoms with E-state index in [0.717, 1.165) is 10.0 Å². The van der Waals surface area contributed by atoms with Crippen LogP contribution in [0.15, 0.2) is 76.3 Å². The number of benzene rings is 3. The van der Waals surface area contributed by atoms with Crippen molar-refractivity contribution in [1.29, 1.82) is 0 Å². The Balaban J connectivity index is 1.60. The number of hydrogen-bond acceptors (Lipinski definition) is 6. The quantitative estimate of drug-likeness (QED) is 0.171. The summed E-state index contributed by atoms with van der Waals surface area (Å²) in [7, 11) is 1.44. The monoisotopic (exact) mass is 509 g/mol. The predicted molar refractivity (Wildman–Crippen MR) is 128 cm³/mol. The number of nitrogens with one attached hydrogen (secondary N) is 2. The van der Waals surface area contributed by atoms with Gasteiger partial charge in [-0.15, -0.1) is 0 Å². The van der Waals surface area contributed by atoms with Gasteiger partial charge in [0.05, 0.1) is 18.9 Å². The number of methoxy groups -OCH3 is 1. The van der Waals surface area contributed by atoms with E-state index in [0.29, 0.717) is 22.6 Å². The van der Waals surface area contributed by atoms with Crippen LogP contribution in [0.1, 0.15) is 21.5 Å². The first-order valence-electron chi connectivity index (χ1n) is 9.73. The van der Waals surface area contributed by atoms with Gasteiger partial charge in [-0.3, -0.25) is 9.59 Å². The summed E-state index contributed by atoms with van der Waals surface area (Å²) < 4.78 is 11.5. The highest BCUT2D eigenvalue weighted by molar-refractivity contribution is 9.10. The lowest BCUT2D eigenvalue weighted by Gasteiger charge is -2.10. The summed E-state index contributed by atoms with van der Waals surface area (Å²) in [4.78, 5) is 36.4. The second-order valence-electron chi connectivity index (χ2n) is 6.78. The molecule has 0 saturated heterocycles. The van der Waals surface area contributed by atoms with E-state index in [9.17, 15) is 14.4 Å². The van der Waals surface area contributed by atoms with Gasteiger partial charge in [-0.2, -0.15) is 5.10 Å². The van der Waals surface area contributed by atoms with E-state index < -0.39 is 17.8 Å². The van der Waals surface area contributed by atoms with E-state index in [1.807, 2.05) is 13.0 Å². The van der Waals surface area contributed by atoms with Gasteiger partial charge >= 0.3 is 17.8 Å². The van der Waals surface area contributed by atoms with Crippen LogP contribution >= 0.6 is 15.9 Å². The second-order valence-corrected chi connectivity index (χ2v) is 7.69. The van der Waals surface area contributed by atoms with Crippen LogP contribution in [-0.4, -0.2) is 31.1 Å². The van der Waals surface area contributed by atoms with Gasteiger partial charge in [0, 0.05) is 10.2 Å². The van der Waals surface area contributed by atoms with Gasteiger partial charge in [0.1, 0.15) is 0 Å². The molecule has 3 aromatic carbocycles. The van der Waals surface area contributed by atoms with Crippen molar-refractivity contribution in [3.63, 3.8) is 0 Å². The number of esters is 1. The van der Waals surface area contributed by atoms with Gasteiger partial charge in [-0.1, -0.05) is 34.1 Å². The Bertz CT molecular complexity index is 1210. The number of carbonyl (C=O) groups excluding carboxylic acids is 3. The molecule has 33 heavy (non-hydrogen) atoms. The minimum Gasteiger partial charge on any atom is -0.493 e. The van der Waals surface area contributed by atoms with Crippen LogP contribution in [0.3, 0.4) is 0 Å². The lowest BCUT2D eigenvalue weighted by Crippen LogP contribution is -2.32. The van der Waals surface area contributed by atoms with Crippen LogP contribution in [-0.2, 0) is 9.59 Å². The Morgan fingerprint density at radius 1 is 0.939 bits per heavy atom. The molecule has 168 valence electrons. The van der Waals surface area contributed by atoms with Crippen LogP contribution in [0.25, 0.3) is 0 Å². The molecule has 2 N–H and O–H groups in total. The lowest BCUT2D eigenvalue weighted by molar-refractivity contribution is -0.136. The molecule has 9 heteroatoms. The maximum atomic E-state index is 12.3. The number of aryl methyl sites for hydroxylation is 1. The van der Waals surface area contributed by atoms with Crippen LogP contribution in [0, 0.1) is 6.92 Å². The van der Waals surface area contributed by atoms with Gasteiger partial charge in [0.2, 0.25) is 0 Å². The fraction of sp³-hybridized carbons (Fsp3) is 0.0833. The zero-order chi connectivity index (χ0) is 23.8. The van der Waals surface area contributed by atoms with E-state index in [4.69, 9.17) is 9.47 Å². The summed E-state index contributed by atoms with van der Waals surface area (Å²) in [5.74, 6) is -1.75. The van der Waals surface area contributed by atoms with E-state index in [2.05, 4.69) is 31.8 Å². The molecule has 0 radical (unpaired) electrons. The summed E-state index contributed by atoms with van der Waals surface area (Å²) in [6.45, 7) is 1.81. The van der Waals surface area contributed by atoms with E-state index in [1.54, 1.807) is 60.7 Å². The van der Waals surface area contributed by atoms with E-state index >= 15 is 0 Å². The third-order valence-electron chi connectivity index (χ3n) is 4.42. The number of rotatable bonds is 6. The number of carbonyl (C=O) groups is 3. The van der Waals surface area contributed by atoms with Gasteiger partial charge in [-0.25, -0.2) is 10.2 Å². The molecule has 0 aliphatic heterocycles. The first-order chi connectivity index (χ1) is 15.9. The van der Waals surface area contributed by atoms with Gasteiger partial charge in [0.15, 0.2) is 11.5 Å². The van der Waals surface area contributed by atoms with Crippen molar-refractivity contribution in [2.45, 2.75) is 6.92 Å². The average molecular weight is 510 g/mol. The summed E-state index contributed by atoms with van der Waals surface area (Å²) in [6, 6.07) is 18.6. The first-order valence-corrected chi connectivity index (χ1v) is 10.5. The first kappa shape index (κ1) is 23.7. The fourth-order valence-electron chi connectivity index (χ4n) is 2.74. The number of halogens is 1. The molecule has 0 heterocycles. The molecule has 0 bridgehead atoms. The van der Waals surface area contributed by atoms with Crippen LogP contribution < -0.4 is 20.2 Å². The molecular formula is C24H20BrN3O5. The summed E-state index contributed by atoms with van der Waals surface area (Å²) in [5.41, 5.74) is 4.45. The van der Waals surface area contributed by atoms with Crippen molar-refractivity contribution >= 4 is 45.6 Å². The smallest absolute Gasteiger partial charge is 0.343 e. The number of amides is 2. The van der Waals surface area contributed by atoms with Crippen molar-refractivity contribution in [2.75, 3.05) is 12.4 Å². The minimum atomic E-state index is -0.922. The van der Waals surface area contributed by atoms with Crippen molar-refractivity contribution < 1.29 is 23.9 Å². The molecule has 0 saturated carbocycles. The molecule has 0 aliphatic rings. The third-order valence-corrected chi connectivity index (χ3v) is 4.92. The standard InChI is InChI=1S/C24H20BrN3O5/c1-15-12-18(25)9-10-19(15)27-22(29)23(30)28-26-14-16-8-11-20(21(13-16)32-2)33-24(31)17-6-4-3-5-7-17/h3-14H,1-2H3,(H,27,29)(H,28,30)/b26-14+. The van der Waals surface area contributed by atoms with E-state index in [-0.39, 0.29) is 5.75 Å². The highest BCUT2D eigenvalue weighted by atomic mass is 79.9. The van der Waals surface area contributed by atoms with Crippen molar-refractivity contribution in [2.24, 2.45) is 5.10 Å². The third kappa shape index (κ3) is 6.50. The molecule has 0 spiro atoms. The normalized spacial score (nSPS) is 10.5. The predicted octanol–water partition coefficient (Wildman–Crippen LogP) is 4.07. The van der Waals surface area contributed by atoms with Gasteiger partial charge in [0.25, 0.3) is 0 Å². The molecule has 2 amide bonds. The van der Waals surface area contributed by atoms with Crippen LogP contribution in [0.5, 0.6) is 11.5 Å². The summed E-state index contributed by atoms with van der Waals surface area (Å²) in [5, 5.41) is 6.33. The molecular weight excluding hydrogens is 490 g/mol. The Hall–Kier alpha value is -3.98. The maximum Gasteiger partial charge on any atom is 0.343 e. The topological polar surface area (TPSA) is 106 Å². The number of nitrogens with zero attached hydrogens (tertiary/aromatic N) is 1. The van der Waals surface area contributed by atoms with Crippen molar-refractivity contribution in [3.8, 4) is 11.5 Å². The number of anilines is 1.